The lowest BCUT2D eigenvalue weighted by Gasteiger charge is -2.04. The summed E-state index contributed by atoms with van der Waals surface area (Å²) in [6, 6.07) is 14.6. The highest BCUT2D eigenvalue weighted by molar-refractivity contribution is 7.99. The van der Waals surface area contributed by atoms with Gasteiger partial charge in [-0.3, -0.25) is 4.79 Å². The Labute approximate surface area is 111 Å². The lowest BCUT2D eigenvalue weighted by atomic mass is 10.1. The summed E-state index contributed by atoms with van der Waals surface area (Å²) < 4.78 is 4.90. The third kappa shape index (κ3) is 3.50. The van der Waals surface area contributed by atoms with Gasteiger partial charge in [-0.2, -0.15) is 0 Å². The van der Waals surface area contributed by atoms with Gasteiger partial charge in [0.2, 0.25) is 0 Å². The van der Waals surface area contributed by atoms with Gasteiger partial charge in [-0.05, 0) is 29.8 Å². The Hall–Kier alpha value is -1.48. The number of esters is 1. The lowest BCUT2D eigenvalue weighted by Crippen LogP contribution is -2.04. The quantitative estimate of drug-likeness (QED) is 0.602. The van der Waals surface area contributed by atoms with E-state index in [2.05, 4.69) is 30.3 Å². The Kier molecular flexibility index (Phi) is 4.65. The van der Waals surface area contributed by atoms with Crippen molar-refractivity contribution in [2.24, 2.45) is 0 Å². The van der Waals surface area contributed by atoms with Crippen LogP contribution in [-0.4, -0.2) is 18.3 Å². The van der Waals surface area contributed by atoms with Crippen molar-refractivity contribution in [2.75, 3.05) is 12.4 Å². The SMILES string of the molecule is CCOC(=O)CCSc1ccc2ccccc2c1. The van der Waals surface area contributed by atoms with Crippen molar-refractivity contribution in [1.29, 1.82) is 0 Å². The van der Waals surface area contributed by atoms with E-state index < -0.39 is 0 Å². The maximum absolute atomic E-state index is 11.2. The van der Waals surface area contributed by atoms with E-state index in [9.17, 15) is 4.79 Å². The normalized spacial score (nSPS) is 10.5. The molecule has 2 rings (SSSR count). The van der Waals surface area contributed by atoms with Crippen LogP contribution in [0.1, 0.15) is 13.3 Å². The van der Waals surface area contributed by atoms with Gasteiger partial charge >= 0.3 is 5.97 Å². The number of rotatable bonds is 5. The van der Waals surface area contributed by atoms with Crippen LogP contribution in [0.4, 0.5) is 0 Å². The summed E-state index contributed by atoms with van der Waals surface area (Å²) in [5, 5.41) is 2.48. The highest BCUT2D eigenvalue weighted by Gasteiger charge is 2.02. The van der Waals surface area contributed by atoms with Gasteiger partial charge in [0.15, 0.2) is 0 Å². The Morgan fingerprint density at radius 1 is 1.17 bits per heavy atom. The van der Waals surface area contributed by atoms with E-state index in [4.69, 9.17) is 4.74 Å². The minimum Gasteiger partial charge on any atom is -0.466 e. The molecule has 0 fully saturated rings. The molecule has 2 aromatic carbocycles. The molecule has 2 aromatic rings. The van der Waals surface area contributed by atoms with Crippen LogP contribution in [0.15, 0.2) is 47.4 Å². The first-order valence-electron chi connectivity index (χ1n) is 6.07. The molecule has 0 heterocycles. The number of hydrogen-bond donors (Lipinski definition) is 0. The van der Waals surface area contributed by atoms with E-state index in [1.807, 2.05) is 19.1 Å². The molecule has 0 radical (unpaired) electrons. The second kappa shape index (κ2) is 6.45. The monoisotopic (exact) mass is 260 g/mol. The Bertz CT molecular complexity index is 537. The zero-order valence-corrected chi connectivity index (χ0v) is 11.2. The molecule has 0 saturated heterocycles. The minimum atomic E-state index is -0.120. The molecule has 0 amide bonds. The van der Waals surface area contributed by atoms with Crippen LogP contribution >= 0.6 is 11.8 Å². The van der Waals surface area contributed by atoms with Crippen LogP contribution in [0.5, 0.6) is 0 Å². The average molecular weight is 260 g/mol. The number of thioether (sulfide) groups is 1. The predicted molar refractivity (Wildman–Crippen MR) is 75.9 cm³/mol. The molecule has 0 spiro atoms. The van der Waals surface area contributed by atoms with E-state index in [1.165, 1.54) is 15.7 Å². The van der Waals surface area contributed by atoms with Crippen LogP contribution in [0.2, 0.25) is 0 Å². The number of fused-ring (bicyclic) bond motifs is 1. The van der Waals surface area contributed by atoms with Gasteiger partial charge in [-0.15, -0.1) is 11.8 Å². The van der Waals surface area contributed by atoms with Gasteiger partial charge in [-0.1, -0.05) is 30.3 Å². The fourth-order valence-electron chi connectivity index (χ4n) is 1.74. The number of hydrogen-bond acceptors (Lipinski definition) is 3. The zero-order valence-electron chi connectivity index (χ0n) is 10.4. The van der Waals surface area contributed by atoms with E-state index in [1.54, 1.807) is 11.8 Å². The second-order valence-corrected chi connectivity index (χ2v) is 5.08. The maximum atomic E-state index is 11.2. The summed E-state index contributed by atoms with van der Waals surface area (Å²) in [4.78, 5) is 12.4. The Morgan fingerprint density at radius 2 is 1.94 bits per heavy atom. The molecule has 0 unspecified atom stereocenters. The van der Waals surface area contributed by atoms with Gasteiger partial charge in [0.05, 0.1) is 13.0 Å². The summed E-state index contributed by atoms with van der Waals surface area (Å²) in [6.07, 6.45) is 0.464. The summed E-state index contributed by atoms with van der Waals surface area (Å²) in [5.74, 6) is 0.641. The fourth-order valence-corrected chi connectivity index (χ4v) is 2.62. The highest BCUT2D eigenvalue weighted by Crippen LogP contribution is 2.24. The first-order chi connectivity index (χ1) is 8.79. The summed E-state index contributed by atoms with van der Waals surface area (Å²) in [7, 11) is 0. The van der Waals surface area contributed by atoms with Crippen molar-refractivity contribution in [1.82, 2.24) is 0 Å². The molecule has 0 atom stereocenters. The summed E-state index contributed by atoms with van der Waals surface area (Å²) in [5.41, 5.74) is 0. The standard InChI is InChI=1S/C15H16O2S/c1-2-17-15(16)9-10-18-14-8-7-12-5-3-4-6-13(12)11-14/h3-8,11H,2,9-10H2,1H3. The molecule has 18 heavy (non-hydrogen) atoms. The number of carbonyl (C=O) groups excluding carboxylic acids is 1. The van der Waals surface area contributed by atoms with Crippen molar-refractivity contribution in [3.8, 4) is 0 Å². The van der Waals surface area contributed by atoms with Crippen molar-refractivity contribution in [3.05, 3.63) is 42.5 Å². The van der Waals surface area contributed by atoms with E-state index in [0.29, 0.717) is 13.0 Å². The van der Waals surface area contributed by atoms with Gasteiger partial charge in [0.1, 0.15) is 0 Å². The molecule has 0 saturated carbocycles. The smallest absolute Gasteiger partial charge is 0.306 e. The maximum Gasteiger partial charge on any atom is 0.306 e. The van der Waals surface area contributed by atoms with Gasteiger partial charge in [-0.25, -0.2) is 0 Å². The lowest BCUT2D eigenvalue weighted by molar-refractivity contribution is -0.142. The molecule has 0 bridgehead atoms. The Balaban J connectivity index is 1.93. The Morgan fingerprint density at radius 3 is 2.72 bits per heavy atom. The first-order valence-corrected chi connectivity index (χ1v) is 7.05. The van der Waals surface area contributed by atoms with Crippen molar-refractivity contribution < 1.29 is 9.53 Å². The van der Waals surface area contributed by atoms with Crippen molar-refractivity contribution in [2.45, 2.75) is 18.2 Å². The van der Waals surface area contributed by atoms with Gasteiger partial charge in [0.25, 0.3) is 0 Å². The zero-order chi connectivity index (χ0) is 12.8. The van der Waals surface area contributed by atoms with E-state index >= 15 is 0 Å². The molecular formula is C15H16O2S. The van der Waals surface area contributed by atoms with Crippen molar-refractivity contribution in [3.63, 3.8) is 0 Å². The molecule has 94 valence electrons. The number of ether oxygens (including phenoxy) is 1. The number of benzene rings is 2. The fraction of sp³-hybridized carbons (Fsp3) is 0.267. The molecule has 2 nitrogen and oxygen atoms in total. The van der Waals surface area contributed by atoms with Crippen LogP contribution in [-0.2, 0) is 9.53 Å². The second-order valence-electron chi connectivity index (χ2n) is 3.91. The molecule has 3 heteroatoms. The minimum absolute atomic E-state index is 0.120. The third-order valence-electron chi connectivity index (χ3n) is 2.60. The molecule has 0 aliphatic rings. The topological polar surface area (TPSA) is 26.3 Å². The molecule has 0 aromatic heterocycles. The molecular weight excluding hydrogens is 244 g/mol. The highest BCUT2D eigenvalue weighted by atomic mass is 32.2. The first kappa shape index (κ1) is 13.0. The third-order valence-corrected chi connectivity index (χ3v) is 3.60. The van der Waals surface area contributed by atoms with Crippen LogP contribution in [0, 0.1) is 0 Å². The molecule has 0 N–H and O–H groups in total. The van der Waals surface area contributed by atoms with Gasteiger partial charge in [0, 0.05) is 10.6 Å². The summed E-state index contributed by atoms with van der Waals surface area (Å²) in [6.45, 7) is 2.29. The average Bonchev–Trinajstić information content (AvgIpc) is 2.39. The largest absolute Gasteiger partial charge is 0.466 e. The van der Waals surface area contributed by atoms with Crippen LogP contribution in [0.25, 0.3) is 10.8 Å². The summed E-state index contributed by atoms with van der Waals surface area (Å²) >= 11 is 1.69. The van der Waals surface area contributed by atoms with E-state index in [-0.39, 0.29) is 5.97 Å². The predicted octanol–water partition coefficient (Wildman–Crippen LogP) is 3.89. The van der Waals surface area contributed by atoms with Crippen molar-refractivity contribution >= 4 is 28.5 Å². The number of carbonyl (C=O) groups is 1. The van der Waals surface area contributed by atoms with E-state index in [0.717, 1.165) is 5.75 Å². The molecule has 0 aliphatic heterocycles. The molecule has 0 aliphatic carbocycles. The van der Waals surface area contributed by atoms with Gasteiger partial charge < -0.3 is 4.74 Å². The van der Waals surface area contributed by atoms with Crippen LogP contribution < -0.4 is 0 Å². The van der Waals surface area contributed by atoms with Crippen LogP contribution in [0.3, 0.4) is 0 Å².